The molecule has 0 atom stereocenters. The van der Waals surface area contributed by atoms with E-state index < -0.39 is 0 Å². The predicted molar refractivity (Wildman–Crippen MR) is 140 cm³/mol. The van der Waals surface area contributed by atoms with E-state index in [4.69, 9.17) is 0 Å². The molecule has 0 N–H and O–H groups in total. The van der Waals surface area contributed by atoms with Gasteiger partial charge in [0.2, 0.25) is 0 Å². The van der Waals surface area contributed by atoms with Gasteiger partial charge in [-0.3, -0.25) is 42.3 Å². The molecule has 0 amide bonds. The monoisotopic (exact) mass is 545 g/mol. The molecule has 0 aliphatic carbocycles. The summed E-state index contributed by atoms with van der Waals surface area (Å²) < 4.78 is 0. The molecule has 0 aromatic carbocycles. The van der Waals surface area contributed by atoms with Crippen molar-refractivity contribution in [1.82, 2.24) is 0 Å². The van der Waals surface area contributed by atoms with E-state index in [9.17, 15) is 0 Å². The van der Waals surface area contributed by atoms with Crippen molar-refractivity contribution in [2.24, 2.45) is 0 Å². The summed E-state index contributed by atoms with van der Waals surface area (Å²) in [5.74, 6) is 0. The van der Waals surface area contributed by atoms with Crippen LogP contribution in [0.15, 0.2) is 0 Å². The first kappa shape index (κ1) is 35.7. The molecule has 0 fully saturated rings. The van der Waals surface area contributed by atoms with Crippen molar-refractivity contribution >= 4 is 47.5 Å². The zero-order valence-electron chi connectivity index (χ0n) is 18.9. The minimum atomic E-state index is 0. The molecule has 0 aromatic heterocycles. The topological polar surface area (TPSA) is 0 Å². The summed E-state index contributed by atoms with van der Waals surface area (Å²) in [7, 11) is 1.76. The average molecular weight is 543 g/mol. The molecule has 0 nitrogen and oxygen atoms in total. The molecule has 0 aliphatic heterocycles. The summed E-state index contributed by atoms with van der Waals surface area (Å²) in [5.41, 5.74) is 0. The van der Waals surface area contributed by atoms with Crippen LogP contribution in [0.1, 0.15) is 0 Å². The third-order valence-electron chi connectivity index (χ3n) is 2.44. The van der Waals surface area contributed by atoms with Gasteiger partial charge in [-0.2, -0.15) is 18.5 Å². The van der Waals surface area contributed by atoms with Gasteiger partial charge in [-0.05, 0) is 40.0 Å². The Hall–Kier alpha value is 3.27. The second kappa shape index (κ2) is 25.3. The van der Waals surface area contributed by atoms with Crippen molar-refractivity contribution in [2.45, 2.75) is 0 Å². The van der Waals surface area contributed by atoms with Crippen LogP contribution >= 0.6 is 47.5 Å². The summed E-state index contributed by atoms with van der Waals surface area (Å²) in [4.78, 5) is 0. The van der Waals surface area contributed by atoms with Crippen LogP contribution in [0.25, 0.3) is 0 Å². The molecule has 0 unspecified atom stereocenters. The standard InChI is InChI=1S/3C6H15P2.Mo/c3*1-7(2)5-6-8(3)4;/h3*5H,6H2,1-4H3;/q3*-1;+3. The quantitative estimate of drug-likeness (QED) is 0.158. The fraction of sp³-hybridized carbons (Fsp3) is 0.833. The van der Waals surface area contributed by atoms with E-state index in [1.54, 1.807) is 0 Å². The molecule has 7 heteroatoms. The smallest absolute Gasteiger partial charge is 0.299 e. The Kier molecular flexibility index (Phi) is 36.1. The van der Waals surface area contributed by atoms with Crippen LogP contribution in [-0.4, -0.2) is 98.5 Å². The largest absolute Gasteiger partial charge is 3.00 e. The Morgan fingerprint density at radius 2 is 0.560 bits per heavy atom. The summed E-state index contributed by atoms with van der Waals surface area (Å²) in [5, 5.41) is 0. The molecular formula is C18H45MoP6. The molecule has 0 aliphatic rings. The normalized spacial score (nSPS) is 10.8. The molecule has 0 rings (SSSR count). The molecule has 1 radical (unpaired) electrons. The van der Waals surface area contributed by atoms with E-state index in [0.29, 0.717) is 23.8 Å². The molecule has 0 heterocycles. The van der Waals surface area contributed by atoms with Crippen molar-refractivity contribution < 1.29 is 21.1 Å². The van der Waals surface area contributed by atoms with E-state index in [-0.39, 0.29) is 44.8 Å². The molecule has 0 bridgehead atoms. The molecule has 25 heavy (non-hydrogen) atoms. The third-order valence-corrected chi connectivity index (χ3v) is 8.78. The van der Waals surface area contributed by atoms with Crippen molar-refractivity contribution in [3.05, 3.63) is 18.5 Å². The van der Waals surface area contributed by atoms with Gasteiger partial charge in [-0.15, -0.1) is 23.8 Å². The summed E-state index contributed by atoms with van der Waals surface area (Å²) in [6.45, 7) is 27.7. The Morgan fingerprint density at radius 3 is 0.600 bits per heavy atom. The SMILES string of the molecule is CP(C)[CH-]CP(C)C.CP(C)[CH-]CP(C)C.CP(C)[CH-]CP(C)C.[Mo+3]. The van der Waals surface area contributed by atoms with E-state index in [0.717, 1.165) is 0 Å². The van der Waals surface area contributed by atoms with Crippen LogP contribution in [0.5, 0.6) is 0 Å². The Balaban J connectivity index is -0.000000130. The van der Waals surface area contributed by atoms with Gasteiger partial charge < -0.3 is 0 Å². The number of hydrogen-bond acceptors (Lipinski definition) is 0. The van der Waals surface area contributed by atoms with Gasteiger partial charge in [0, 0.05) is 0 Å². The Morgan fingerprint density at radius 1 is 0.400 bits per heavy atom. The third kappa shape index (κ3) is 52.2. The number of rotatable bonds is 9. The van der Waals surface area contributed by atoms with E-state index in [1.165, 1.54) is 18.5 Å². The summed E-state index contributed by atoms with van der Waals surface area (Å²) in [6, 6.07) is 0. The molecule has 0 spiro atoms. The van der Waals surface area contributed by atoms with Gasteiger partial charge in [-0.25, -0.2) is 0 Å². The van der Waals surface area contributed by atoms with Crippen LogP contribution in [-0.2, 0) is 21.1 Å². The average Bonchev–Trinajstić information content (AvgIpc) is 2.42. The first-order valence-electron chi connectivity index (χ1n) is 8.31. The zero-order chi connectivity index (χ0) is 19.7. The first-order chi connectivity index (χ1) is 10.9. The van der Waals surface area contributed by atoms with Gasteiger partial charge in [0.05, 0.1) is 0 Å². The second-order valence-electron chi connectivity index (χ2n) is 7.23. The molecule has 0 saturated heterocycles. The van der Waals surface area contributed by atoms with Gasteiger partial charge in [-0.1, -0.05) is 40.0 Å². The van der Waals surface area contributed by atoms with Gasteiger partial charge in [0.15, 0.2) is 0 Å². The van der Waals surface area contributed by atoms with Gasteiger partial charge in [0.25, 0.3) is 0 Å². The molecule has 0 aromatic rings. The maximum Gasteiger partial charge on any atom is 3.00 e. The number of hydrogen-bond donors (Lipinski definition) is 0. The van der Waals surface area contributed by atoms with Gasteiger partial charge >= 0.3 is 21.1 Å². The van der Waals surface area contributed by atoms with Crippen molar-refractivity contribution in [3.8, 4) is 0 Å². The first-order valence-corrected chi connectivity index (χ1v) is 22.5. The minimum absolute atomic E-state index is 0. The maximum atomic E-state index is 2.46. The van der Waals surface area contributed by atoms with Crippen LogP contribution in [0, 0.1) is 18.5 Å². The van der Waals surface area contributed by atoms with Gasteiger partial charge in [0.1, 0.15) is 0 Å². The van der Waals surface area contributed by atoms with Crippen molar-refractivity contribution in [1.29, 1.82) is 0 Å². The van der Waals surface area contributed by atoms with Crippen LogP contribution in [0.4, 0.5) is 0 Å². The minimum Gasteiger partial charge on any atom is -0.299 e. The van der Waals surface area contributed by atoms with Crippen LogP contribution in [0.2, 0.25) is 0 Å². The molecular weight excluding hydrogens is 498 g/mol. The van der Waals surface area contributed by atoms with Crippen molar-refractivity contribution in [2.75, 3.05) is 98.5 Å². The van der Waals surface area contributed by atoms with E-state index in [1.807, 2.05) is 0 Å². The maximum absolute atomic E-state index is 2.46. The van der Waals surface area contributed by atoms with Crippen molar-refractivity contribution in [3.63, 3.8) is 0 Å². The van der Waals surface area contributed by atoms with Crippen LogP contribution in [0.3, 0.4) is 0 Å². The second-order valence-corrected chi connectivity index (χ2v) is 21.7. The van der Waals surface area contributed by atoms with E-state index >= 15 is 0 Å². The Labute approximate surface area is 184 Å². The zero-order valence-corrected chi connectivity index (χ0v) is 26.3. The summed E-state index contributed by atoms with van der Waals surface area (Å²) >= 11 is 0. The predicted octanol–water partition coefficient (Wildman–Crippen LogP) is 7.89. The molecule has 0 saturated carbocycles. The van der Waals surface area contributed by atoms with Crippen LogP contribution < -0.4 is 0 Å². The van der Waals surface area contributed by atoms with E-state index in [2.05, 4.69) is 98.5 Å². The fourth-order valence-corrected chi connectivity index (χ4v) is 8.82. The fourth-order valence-electron chi connectivity index (χ4n) is 0.980. The Bertz CT molecular complexity index is 172. The molecule has 153 valence electrons. The summed E-state index contributed by atoms with van der Waals surface area (Å²) in [6.07, 6.45) is 11.4.